The second kappa shape index (κ2) is 4.21. The van der Waals surface area contributed by atoms with Crippen molar-refractivity contribution in [3.05, 3.63) is 17.5 Å². The minimum absolute atomic E-state index is 0.152. The van der Waals surface area contributed by atoms with E-state index in [2.05, 4.69) is 5.10 Å². The lowest BCUT2D eigenvalue weighted by Crippen LogP contribution is -2.12. The highest BCUT2D eigenvalue weighted by atomic mass is 35.5. The van der Waals surface area contributed by atoms with Crippen molar-refractivity contribution in [2.24, 2.45) is 0 Å². The molecule has 0 spiro atoms. The minimum atomic E-state index is -4.14. The van der Waals surface area contributed by atoms with Crippen molar-refractivity contribution in [1.29, 1.82) is 0 Å². The Labute approximate surface area is 84.7 Å². The summed E-state index contributed by atoms with van der Waals surface area (Å²) in [5.41, 5.74) is 1.45. The maximum Gasteiger partial charge on any atom is 0.390 e. The summed E-state index contributed by atoms with van der Waals surface area (Å²) < 4.78 is 36.9. The van der Waals surface area contributed by atoms with E-state index in [4.69, 9.17) is 11.6 Å². The van der Waals surface area contributed by atoms with Crippen LogP contribution in [0.2, 0.25) is 0 Å². The standard InChI is InChI=1S/C8H10ClF3N2/c1-6-7(4-9)5-14(13-6)3-2-8(10,11)12/h5H,2-4H2,1H3. The number of hydrogen-bond acceptors (Lipinski definition) is 1. The van der Waals surface area contributed by atoms with E-state index in [1.165, 1.54) is 4.68 Å². The molecule has 6 heteroatoms. The molecule has 0 aliphatic heterocycles. The van der Waals surface area contributed by atoms with Crippen molar-refractivity contribution < 1.29 is 13.2 Å². The monoisotopic (exact) mass is 226 g/mol. The van der Waals surface area contributed by atoms with Crippen LogP contribution in [-0.2, 0) is 12.4 Å². The molecule has 0 aliphatic carbocycles. The number of nitrogens with zero attached hydrogens (tertiary/aromatic N) is 2. The zero-order valence-electron chi connectivity index (χ0n) is 7.60. The van der Waals surface area contributed by atoms with E-state index in [1.54, 1.807) is 13.1 Å². The number of aryl methyl sites for hydroxylation is 2. The van der Waals surface area contributed by atoms with Gasteiger partial charge in [-0.15, -0.1) is 11.6 Å². The molecule has 0 aliphatic rings. The summed E-state index contributed by atoms with van der Waals surface area (Å²) in [6.45, 7) is 1.57. The summed E-state index contributed by atoms with van der Waals surface area (Å²) in [6.07, 6.45) is -3.45. The van der Waals surface area contributed by atoms with E-state index in [0.717, 1.165) is 5.56 Å². The van der Waals surface area contributed by atoms with E-state index in [0.29, 0.717) is 5.69 Å². The average Bonchev–Trinajstić information content (AvgIpc) is 2.42. The number of halogens is 4. The molecule has 1 rings (SSSR count). The highest BCUT2D eigenvalue weighted by Crippen LogP contribution is 2.20. The second-order valence-electron chi connectivity index (χ2n) is 3.00. The van der Waals surface area contributed by atoms with Gasteiger partial charge in [-0.2, -0.15) is 18.3 Å². The van der Waals surface area contributed by atoms with Crippen LogP contribution in [0.5, 0.6) is 0 Å². The molecule has 0 amide bonds. The van der Waals surface area contributed by atoms with Crippen molar-refractivity contribution in [3.63, 3.8) is 0 Å². The van der Waals surface area contributed by atoms with Gasteiger partial charge in [0.2, 0.25) is 0 Å². The molecule has 0 N–H and O–H groups in total. The Morgan fingerprint density at radius 2 is 2.14 bits per heavy atom. The van der Waals surface area contributed by atoms with Gasteiger partial charge in [0.1, 0.15) is 0 Å². The molecule has 0 saturated carbocycles. The van der Waals surface area contributed by atoms with Gasteiger partial charge in [0.15, 0.2) is 0 Å². The van der Waals surface area contributed by atoms with Gasteiger partial charge in [-0.1, -0.05) is 0 Å². The average molecular weight is 227 g/mol. The Balaban J connectivity index is 2.60. The molecule has 80 valence electrons. The van der Waals surface area contributed by atoms with E-state index in [9.17, 15) is 13.2 Å². The van der Waals surface area contributed by atoms with E-state index >= 15 is 0 Å². The predicted molar refractivity (Wildman–Crippen MR) is 47.2 cm³/mol. The molecule has 0 bridgehead atoms. The third kappa shape index (κ3) is 3.21. The van der Waals surface area contributed by atoms with Crippen LogP contribution in [0.4, 0.5) is 13.2 Å². The fourth-order valence-corrected chi connectivity index (χ4v) is 1.31. The topological polar surface area (TPSA) is 17.8 Å². The number of hydrogen-bond donors (Lipinski definition) is 0. The first-order chi connectivity index (χ1) is 6.42. The largest absolute Gasteiger partial charge is 0.390 e. The summed E-state index contributed by atoms with van der Waals surface area (Å²) in [7, 11) is 0. The lowest BCUT2D eigenvalue weighted by molar-refractivity contribution is -0.137. The molecule has 2 nitrogen and oxygen atoms in total. The van der Waals surface area contributed by atoms with Crippen molar-refractivity contribution >= 4 is 11.6 Å². The molecule has 0 unspecified atom stereocenters. The van der Waals surface area contributed by atoms with Crippen LogP contribution in [0.3, 0.4) is 0 Å². The first kappa shape index (κ1) is 11.4. The number of rotatable bonds is 3. The fourth-order valence-electron chi connectivity index (χ4n) is 1.05. The highest BCUT2D eigenvalue weighted by molar-refractivity contribution is 6.17. The van der Waals surface area contributed by atoms with E-state index < -0.39 is 12.6 Å². The van der Waals surface area contributed by atoms with Gasteiger partial charge in [0, 0.05) is 18.3 Å². The van der Waals surface area contributed by atoms with Crippen LogP contribution in [0.15, 0.2) is 6.20 Å². The SMILES string of the molecule is Cc1nn(CCC(F)(F)F)cc1CCl. The maximum absolute atomic E-state index is 11.9. The Morgan fingerprint density at radius 3 is 2.57 bits per heavy atom. The summed E-state index contributed by atoms with van der Waals surface area (Å²) in [6, 6.07) is 0. The first-order valence-electron chi connectivity index (χ1n) is 4.08. The molecule has 1 aromatic rings. The van der Waals surface area contributed by atoms with E-state index in [1.807, 2.05) is 0 Å². The third-order valence-corrected chi connectivity index (χ3v) is 2.10. The lowest BCUT2D eigenvalue weighted by Gasteiger charge is -2.05. The molecule has 14 heavy (non-hydrogen) atoms. The molecule has 1 aromatic heterocycles. The summed E-state index contributed by atoms with van der Waals surface area (Å²) in [5.74, 6) is 0.276. The summed E-state index contributed by atoms with van der Waals surface area (Å²) in [4.78, 5) is 0. The predicted octanol–water partition coefficient (Wildman–Crippen LogP) is 2.88. The molecular weight excluding hydrogens is 217 g/mol. The van der Waals surface area contributed by atoms with E-state index in [-0.39, 0.29) is 12.4 Å². The molecule has 0 saturated heterocycles. The van der Waals surface area contributed by atoms with Crippen molar-refractivity contribution in [3.8, 4) is 0 Å². The fraction of sp³-hybridized carbons (Fsp3) is 0.625. The second-order valence-corrected chi connectivity index (χ2v) is 3.27. The maximum atomic E-state index is 11.9. The van der Waals surface area contributed by atoms with Gasteiger partial charge in [0.25, 0.3) is 0 Å². The van der Waals surface area contributed by atoms with Gasteiger partial charge in [0.05, 0.1) is 18.0 Å². The molecule has 0 fully saturated rings. The summed E-state index contributed by atoms with van der Waals surface area (Å²) in [5, 5.41) is 3.92. The minimum Gasteiger partial charge on any atom is -0.272 e. The third-order valence-electron chi connectivity index (χ3n) is 1.82. The highest BCUT2D eigenvalue weighted by Gasteiger charge is 2.26. The van der Waals surface area contributed by atoms with Crippen LogP contribution < -0.4 is 0 Å². The van der Waals surface area contributed by atoms with Crippen molar-refractivity contribution in [1.82, 2.24) is 9.78 Å². The van der Waals surface area contributed by atoms with Crippen LogP contribution in [0, 0.1) is 6.92 Å². The van der Waals surface area contributed by atoms with Crippen LogP contribution in [-0.4, -0.2) is 16.0 Å². The Morgan fingerprint density at radius 1 is 1.50 bits per heavy atom. The van der Waals surface area contributed by atoms with Gasteiger partial charge in [-0.25, -0.2) is 0 Å². The Bertz CT molecular complexity index is 306. The smallest absolute Gasteiger partial charge is 0.272 e. The van der Waals surface area contributed by atoms with Gasteiger partial charge in [-0.3, -0.25) is 4.68 Å². The number of aromatic nitrogens is 2. The molecule has 0 aromatic carbocycles. The zero-order chi connectivity index (χ0) is 10.8. The Hall–Kier alpha value is -0.710. The molecular formula is C8H10ClF3N2. The van der Waals surface area contributed by atoms with Crippen LogP contribution in [0.1, 0.15) is 17.7 Å². The van der Waals surface area contributed by atoms with Gasteiger partial charge >= 0.3 is 6.18 Å². The van der Waals surface area contributed by atoms with Gasteiger partial charge < -0.3 is 0 Å². The quantitative estimate of drug-likeness (QED) is 0.725. The molecule has 1 heterocycles. The normalized spacial score (nSPS) is 12.1. The summed E-state index contributed by atoms with van der Waals surface area (Å²) >= 11 is 5.56. The lowest BCUT2D eigenvalue weighted by atomic mass is 10.3. The van der Waals surface area contributed by atoms with Crippen molar-refractivity contribution in [2.75, 3.05) is 0 Å². The molecule has 0 radical (unpaired) electrons. The van der Waals surface area contributed by atoms with Crippen LogP contribution in [0.25, 0.3) is 0 Å². The first-order valence-corrected chi connectivity index (χ1v) is 4.61. The Kier molecular flexibility index (Phi) is 3.42. The van der Waals surface area contributed by atoms with Crippen LogP contribution >= 0.6 is 11.6 Å². The number of alkyl halides is 4. The zero-order valence-corrected chi connectivity index (χ0v) is 8.36. The van der Waals surface area contributed by atoms with Crippen molar-refractivity contribution in [2.45, 2.75) is 31.9 Å². The van der Waals surface area contributed by atoms with Gasteiger partial charge in [-0.05, 0) is 6.92 Å². The molecule has 0 atom stereocenters.